The zero-order chi connectivity index (χ0) is 12.3. The Balaban J connectivity index is 2.33. The van der Waals surface area contributed by atoms with Gasteiger partial charge in [0.25, 0.3) is 5.69 Å². The molecule has 0 aliphatic rings. The van der Waals surface area contributed by atoms with Gasteiger partial charge in [-0.25, -0.2) is 0 Å². The first-order chi connectivity index (χ1) is 8.22. The van der Waals surface area contributed by atoms with Crippen LogP contribution in [-0.2, 0) is 6.54 Å². The number of hydrogen-bond donors (Lipinski definition) is 2. The van der Waals surface area contributed by atoms with Crippen LogP contribution in [0.3, 0.4) is 0 Å². The lowest BCUT2D eigenvalue weighted by Crippen LogP contribution is -2.05. The van der Waals surface area contributed by atoms with E-state index < -0.39 is 4.92 Å². The van der Waals surface area contributed by atoms with Crippen LogP contribution < -0.4 is 5.32 Å². The Hall–Kier alpha value is -2.21. The van der Waals surface area contributed by atoms with Gasteiger partial charge in [0.1, 0.15) is 0 Å². The van der Waals surface area contributed by atoms with E-state index in [9.17, 15) is 10.1 Å². The van der Waals surface area contributed by atoms with E-state index in [-0.39, 0.29) is 5.69 Å². The first kappa shape index (κ1) is 11.3. The second-order valence-corrected chi connectivity index (χ2v) is 3.60. The van der Waals surface area contributed by atoms with Crippen molar-refractivity contribution >= 4 is 5.69 Å². The summed E-state index contributed by atoms with van der Waals surface area (Å²) in [4.78, 5) is 10.1. The number of nitrogens with zero attached hydrogens (tertiary/aromatic N) is 2. The number of nitro groups is 1. The molecule has 2 rings (SSSR count). The third-order valence-corrected chi connectivity index (χ3v) is 2.45. The molecule has 0 unspecified atom stereocenters. The number of hydrogen-bond acceptors (Lipinski definition) is 4. The lowest BCUT2D eigenvalue weighted by Gasteiger charge is -2.02. The molecule has 2 N–H and O–H groups in total. The summed E-state index contributed by atoms with van der Waals surface area (Å²) in [6.45, 7) is 0.697. The average molecular weight is 232 g/mol. The molecule has 1 heterocycles. The van der Waals surface area contributed by atoms with E-state index >= 15 is 0 Å². The van der Waals surface area contributed by atoms with Gasteiger partial charge >= 0.3 is 0 Å². The maximum absolute atomic E-state index is 10.5. The van der Waals surface area contributed by atoms with E-state index in [4.69, 9.17) is 0 Å². The van der Waals surface area contributed by atoms with Crippen molar-refractivity contribution in [2.75, 3.05) is 7.05 Å². The number of aromatic amines is 1. The van der Waals surface area contributed by atoms with Gasteiger partial charge in [0.2, 0.25) is 0 Å². The van der Waals surface area contributed by atoms with Crippen molar-refractivity contribution in [2.24, 2.45) is 0 Å². The van der Waals surface area contributed by atoms with Crippen LogP contribution in [0.2, 0.25) is 0 Å². The number of H-pyrrole nitrogens is 1. The van der Waals surface area contributed by atoms with Gasteiger partial charge in [-0.3, -0.25) is 15.2 Å². The number of non-ortho nitro benzene ring substituents is 1. The summed E-state index contributed by atoms with van der Waals surface area (Å²) >= 11 is 0. The van der Waals surface area contributed by atoms with Gasteiger partial charge in [0.15, 0.2) is 0 Å². The summed E-state index contributed by atoms with van der Waals surface area (Å²) in [7, 11) is 1.85. The highest BCUT2D eigenvalue weighted by molar-refractivity contribution is 5.63. The molecule has 0 saturated heterocycles. The van der Waals surface area contributed by atoms with Gasteiger partial charge in [-0.05, 0) is 19.2 Å². The summed E-state index contributed by atoms with van der Waals surface area (Å²) in [5.74, 6) is 0. The quantitative estimate of drug-likeness (QED) is 0.620. The molecular formula is C11H12N4O2. The van der Waals surface area contributed by atoms with Crippen molar-refractivity contribution in [2.45, 2.75) is 6.54 Å². The molecule has 0 amide bonds. The van der Waals surface area contributed by atoms with E-state index in [0.717, 1.165) is 16.8 Å². The zero-order valence-electron chi connectivity index (χ0n) is 9.30. The van der Waals surface area contributed by atoms with Gasteiger partial charge < -0.3 is 5.32 Å². The first-order valence-corrected chi connectivity index (χ1v) is 5.14. The molecule has 6 heteroatoms. The topological polar surface area (TPSA) is 83.8 Å². The highest BCUT2D eigenvalue weighted by Gasteiger charge is 2.09. The number of nitro benzene ring substituents is 1. The molecule has 0 aliphatic heterocycles. The number of benzene rings is 1. The molecule has 0 bridgehead atoms. The predicted molar refractivity (Wildman–Crippen MR) is 63.4 cm³/mol. The molecule has 0 aliphatic carbocycles. The molecule has 1 aromatic carbocycles. The lowest BCUT2D eigenvalue weighted by molar-refractivity contribution is -0.384. The van der Waals surface area contributed by atoms with Gasteiger partial charge in [-0.15, -0.1) is 0 Å². The number of aromatic nitrogens is 2. The van der Waals surface area contributed by atoms with Gasteiger partial charge in [-0.1, -0.05) is 0 Å². The van der Waals surface area contributed by atoms with Crippen molar-refractivity contribution < 1.29 is 4.92 Å². The van der Waals surface area contributed by atoms with Crippen molar-refractivity contribution in [3.05, 3.63) is 46.1 Å². The van der Waals surface area contributed by atoms with Crippen molar-refractivity contribution in [3.8, 4) is 11.3 Å². The molecule has 1 aromatic heterocycles. The molecule has 0 fully saturated rings. The lowest BCUT2D eigenvalue weighted by atomic mass is 10.1. The smallest absolute Gasteiger partial charge is 0.269 e. The SMILES string of the molecule is CNCc1cn[nH]c1-c1ccc([N+](=O)[O-])cc1. The largest absolute Gasteiger partial charge is 0.316 e. The van der Waals surface area contributed by atoms with Gasteiger partial charge in [0, 0.05) is 29.8 Å². The molecule has 0 radical (unpaired) electrons. The molecule has 0 saturated carbocycles. The van der Waals surface area contributed by atoms with E-state index in [1.54, 1.807) is 18.3 Å². The van der Waals surface area contributed by atoms with Crippen LogP contribution in [0.4, 0.5) is 5.69 Å². The normalized spacial score (nSPS) is 10.4. The van der Waals surface area contributed by atoms with E-state index in [1.807, 2.05) is 7.05 Å². The summed E-state index contributed by atoms with van der Waals surface area (Å²) in [6, 6.07) is 6.40. The van der Waals surface area contributed by atoms with E-state index in [0.29, 0.717) is 6.54 Å². The van der Waals surface area contributed by atoms with Crippen LogP contribution >= 0.6 is 0 Å². The third-order valence-electron chi connectivity index (χ3n) is 2.45. The Kier molecular flexibility index (Phi) is 3.15. The Labute approximate surface area is 97.8 Å². The van der Waals surface area contributed by atoms with Gasteiger partial charge in [-0.2, -0.15) is 5.10 Å². The second kappa shape index (κ2) is 4.75. The Morgan fingerprint density at radius 3 is 2.71 bits per heavy atom. The average Bonchev–Trinajstić information content (AvgIpc) is 2.78. The molecule has 6 nitrogen and oxygen atoms in total. The predicted octanol–water partition coefficient (Wildman–Crippen LogP) is 1.70. The van der Waals surface area contributed by atoms with Gasteiger partial charge in [0.05, 0.1) is 16.8 Å². The van der Waals surface area contributed by atoms with Crippen LogP contribution in [0.15, 0.2) is 30.5 Å². The van der Waals surface area contributed by atoms with Crippen molar-refractivity contribution in [1.82, 2.24) is 15.5 Å². The van der Waals surface area contributed by atoms with Crippen LogP contribution in [0.5, 0.6) is 0 Å². The molecule has 88 valence electrons. The Bertz CT molecular complexity index is 519. The van der Waals surface area contributed by atoms with Crippen LogP contribution in [0.1, 0.15) is 5.56 Å². The fraction of sp³-hybridized carbons (Fsp3) is 0.182. The van der Waals surface area contributed by atoms with E-state index in [2.05, 4.69) is 15.5 Å². The highest BCUT2D eigenvalue weighted by Crippen LogP contribution is 2.23. The van der Waals surface area contributed by atoms with E-state index in [1.165, 1.54) is 12.1 Å². The summed E-state index contributed by atoms with van der Waals surface area (Å²) in [6.07, 6.45) is 1.74. The zero-order valence-corrected chi connectivity index (χ0v) is 9.30. The molecular weight excluding hydrogens is 220 g/mol. The minimum absolute atomic E-state index is 0.0865. The van der Waals surface area contributed by atoms with Crippen molar-refractivity contribution in [1.29, 1.82) is 0 Å². The third kappa shape index (κ3) is 2.31. The van der Waals surface area contributed by atoms with Crippen LogP contribution in [0, 0.1) is 10.1 Å². The first-order valence-electron chi connectivity index (χ1n) is 5.14. The maximum Gasteiger partial charge on any atom is 0.269 e. The monoisotopic (exact) mass is 232 g/mol. The summed E-state index contributed by atoms with van der Waals surface area (Å²) in [5, 5.41) is 20.5. The van der Waals surface area contributed by atoms with Crippen LogP contribution in [0.25, 0.3) is 11.3 Å². The number of nitrogens with one attached hydrogen (secondary N) is 2. The molecule has 17 heavy (non-hydrogen) atoms. The molecule has 0 atom stereocenters. The Morgan fingerprint density at radius 2 is 2.12 bits per heavy atom. The Morgan fingerprint density at radius 1 is 1.41 bits per heavy atom. The maximum atomic E-state index is 10.5. The summed E-state index contributed by atoms with van der Waals surface area (Å²) in [5.41, 5.74) is 2.89. The minimum Gasteiger partial charge on any atom is -0.316 e. The summed E-state index contributed by atoms with van der Waals surface area (Å²) < 4.78 is 0. The fourth-order valence-corrected chi connectivity index (χ4v) is 1.64. The second-order valence-electron chi connectivity index (χ2n) is 3.60. The number of rotatable bonds is 4. The molecule has 0 spiro atoms. The highest BCUT2D eigenvalue weighted by atomic mass is 16.6. The van der Waals surface area contributed by atoms with Crippen molar-refractivity contribution in [3.63, 3.8) is 0 Å². The standard InChI is InChI=1S/C11H12N4O2/c1-12-6-9-7-13-14-11(9)8-2-4-10(5-3-8)15(16)17/h2-5,7,12H,6H2,1H3,(H,13,14). The minimum atomic E-state index is -0.411. The fourth-order valence-electron chi connectivity index (χ4n) is 1.64. The van der Waals surface area contributed by atoms with Crippen LogP contribution in [-0.4, -0.2) is 22.2 Å². The molecule has 2 aromatic rings.